The summed E-state index contributed by atoms with van der Waals surface area (Å²) < 4.78 is 0. The van der Waals surface area contributed by atoms with Crippen LogP contribution in [0.15, 0.2) is 30.0 Å². The second-order valence-corrected chi connectivity index (χ2v) is 2.70. The lowest BCUT2D eigenvalue weighted by molar-refractivity contribution is -0.132. The monoisotopic (exact) mass is 176 g/mol. The van der Waals surface area contributed by atoms with Crippen molar-refractivity contribution in [2.45, 2.75) is 0 Å². The maximum absolute atomic E-state index is 10.6. The standard InChI is InChI=1S/C9H8N2O2/c12-9(13)8-5-6-3-1-2-4-7(6)10-11-8/h1-5,10-11H,(H,12,13). The first-order valence-electron chi connectivity index (χ1n) is 3.83. The van der Waals surface area contributed by atoms with Crippen LogP contribution in [-0.2, 0) is 4.79 Å². The quantitative estimate of drug-likeness (QED) is 0.598. The number of carboxylic acid groups (broad SMARTS) is 1. The van der Waals surface area contributed by atoms with Gasteiger partial charge in [-0.05, 0) is 12.1 Å². The van der Waals surface area contributed by atoms with Crippen molar-refractivity contribution in [1.29, 1.82) is 0 Å². The van der Waals surface area contributed by atoms with E-state index in [1.807, 2.05) is 24.3 Å². The molecule has 1 aromatic rings. The molecule has 0 fully saturated rings. The normalized spacial score (nSPS) is 13.4. The molecule has 0 atom stereocenters. The highest BCUT2D eigenvalue weighted by atomic mass is 16.4. The fourth-order valence-corrected chi connectivity index (χ4v) is 1.18. The molecule has 1 aromatic carbocycles. The number of hydrogen-bond acceptors (Lipinski definition) is 3. The van der Waals surface area contributed by atoms with Crippen LogP contribution in [0.4, 0.5) is 5.69 Å². The molecule has 1 aliphatic heterocycles. The molecule has 4 nitrogen and oxygen atoms in total. The zero-order valence-corrected chi connectivity index (χ0v) is 6.74. The Balaban J connectivity index is 2.44. The molecule has 0 spiro atoms. The summed E-state index contributed by atoms with van der Waals surface area (Å²) in [5.41, 5.74) is 7.29. The molecule has 0 saturated carbocycles. The molecule has 0 aromatic heterocycles. The Bertz CT molecular complexity index is 385. The Hall–Kier alpha value is -1.97. The van der Waals surface area contributed by atoms with Crippen LogP contribution < -0.4 is 10.9 Å². The predicted molar refractivity (Wildman–Crippen MR) is 48.8 cm³/mol. The largest absolute Gasteiger partial charge is 0.477 e. The number of rotatable bonds is 1. The van der Waals surface area contributed by atoms with E-state index in [0.717, 1.165) is 11.3 Å². The van der Waals surface area contributed by atoms with Crippen molar-refractivity contribution in [1.82, 2.24) is 5.43 Å². The number of carbonyl (C=O) groups is 1. The van der Waals surface area contributed by atoms with E-state index >= 15 is 0 Å². The van der Waals surface area contributed by atoms with Crippen molar-refractivity contribution in [3.05, 3.63) is 35.5 Å². The van der Waals surface area contributed by atoms with Crippen molar-refractivity contribution < 1.29 is 9.90 Å². The molecule has 1 heterocycles. The fourth-order valence-electron chi connectivity index (χ4n) is 1.18. The van der Waals surface area contributed by atoms with E-state index in [-0.39, 0.29) is 5.70 Å². The summed E-state index contributed by atoms with van der Waals surface area (Å²) in [6, 6.07) is 7.47. The highest BCUT2D eigenvalue weighted by molar-refractivity contribution is 5.94. The van der Waals surface area contributed by atoms with Crippen molar-refractivity contribution >= 4 is 17.7 Å². The van der Waals surface area contributed by atoms with Gasteiger partial charge in [0.1, 0.15) is 5.70 Å². The van der Waals surface area contributed by atoms with Gasteiger partial charge in [0.25, 0.3) is 0 Å². The van der Waals surface area contributed by atoms with Gasteiger partial charge in [0.15, 0.2) is 0 Å². The minimum atomic E-state index is -0.970. The van der Waals surface area contributed by atoms with Gasteiger partial charge < -0.3 is 10.5 Å². The van der Waals surface area contributed by atoms with Gasteiger partial charge in [-0.25, -0.2) is 4.79 Å². The molecule has 1 aliphatic rings. The lowest BCUT2D eigenvalue weighted by Crippen LogP contribution is -2.28. The summed E-state index contributed by atoms with van der Waals surface area (Å²) in [6.07, 6.45) is 1.59. The number of para-hydroxylation sites is 1. The zero-order chi connectivity index (χ0) is 9.26. The van der Waals surface area contributed by atoms with Crippen molar-refractivity contribution in [2.24, 2.45) is 0 Å². The predicted octanol–water partition coefficient (Wildman–Crippen LogP) is 1.04. The van der Waals surface area contributed by atoms with Gasteiger partial charge in [0.05, 0.1) is 5.69 Å². The van der Waals surface area contributed by atoms with E-state index in [1.54, 1.807) is 6.08 Å². The average Bonchev–Trinajstić information content (AvgIpc) is 2.17. The van der Waals surface area contributed by atoms with Gasteiger partial charge in [-0.2, -0.15) is 0 Å². The molecule has 2 rings (SSSR count). The molecule has 0 saturated heterocycles. The first-order chi connectivity index (χ1) is 6.27. The van der Waals surface area contributed by atoms with Gasteiger partial charge in [0, 0.05) is 5.56 Å². The molecule has 3 N–H and O–H groups in total. The first kappa shape index (κ1) is 7.67. The molecule has 4 heteroatoms. The molecule has 0 bridgehead atoms. The number of aliphatic carboxylic acids is 1. The molecule has 66 valence electrons. The third kappa shape index (κ3) is 1.33. The highest BCUT2D eigenvalue weighted by Crippen LogP contribution is 2.20. The van der Waals surface area contributed by atoms with Crippen LogP contribution >= 0.6 is 0 Å². The SMILES string of the molecule is O=C(O)C1=Cc2ccccc2NN1. The van der Waals surface area contributed by atoms with Gasteiger partial charge in [-0.3, -0.25) is 5.43 Å². The summed E-state index contributed by atoms with van der Waals surface area (Å²) >= 11 is 0. The molecular weight excluding hydrogens is 168 g/mol. The van der Waals surface area contributed by atoms with E-state index in [0.29, 0.717) is 0 Å². The molecule has 0 amide bonds. The summed E-state index contributed by atoms with van der Waals surface area (Å²) in [5.74, 6) is -0.970. The maximum atomic E-state index is 10.6. The number of hydrogen-bond donors (Lipinski definition) is 3. The molecule has 0 unspecified atom stereocenters. The first-order valence-corrected chi connectivity index (χ1v) is 3.83. The lowest BCUT2D eigenvalue weighted by Gasteiger charge is -2.17. The second-order valence-electron chi connectivity index (χ2n) is 2.70. The Morgan fingerprint density at radius 1 is 1.23 bits per heavy atom. The fraction of sp³-hybridized carbons (Fsp3) is 0. The van der Waals surface area contributed by atoms with Crippen LogP contribution in [0.2, 0.25) is 0 Å². The Morgan fingerprint density at radius 3 is 2.77 bits per heavy atom. The summed E-state index contributed by atoms with van der Waals surface area (Å²) in [6.45, 7) is 0. The average molecular weight is 176 g/mol. The lowest BCUT2D eigenvalue weighted by atomic mass is 10.1. The second kappa shape index (κ2) is 2.82. The summed E-state index contributed by atoms with van der Waals surface area (Å²) in [4.78, 5) is 10.6. The number of benzene rings is 1. The third-order valence-electron chi connectivity index (χ3n) is 1.82. The number of hydrazine groups is 1. The van der Waals surface area contributed by atoms with E-state index < -0.39 is 5.97 Å². The van der Waals surface area contributed by atoms with Gasteiger partial charge in [-0.15, -0.1) is 0 Å². The summed E-state index contributed by atoms with van der Waals surface area (Å²) in [5, 5.41) is 8.69. The van der Waals surface area contributed by atoms with Gasteiger partial charge >= 0.3 is 5.97 Å². The minimum absolute atomic E-state index is 0.152. The van der Waals surface area contributed by atoms with Crippen LogP contribution in [0.5, 0.6) is 0 Å². The maximum Gasteiger partial charge on any atom is 0.353 e. The van der Waals surface area contributed by atoms with Crippen LogP contribution in [0.1, 0.15) is 5.56 Å². The van der Waals surface area contributed by atoms with E-state index in [2.05, 4.69) is 10.9 Å². The Morgan fingerprint density at radius 2 is 2.00 bits per heavy atom. The minimum Gasteiger partial charge on any atom is -0.477 e. The topological polar surface area (TPSA) is 61.4 Å². The molecule has 0 radical (unpaired) electrons. The highest BCUT2D eigenvalue weighted by Gasteiger charge is 2.12. The molecule has 0 aliphatic carbocycles. The molecule has 13 heavy (non-hydrogen) atoms. The van der Waals surface area contributed by atoms with Crippen molar-refractivity contribution in [3.63, 3.8) is 0 Å². The number of nitrogens with one attached hydrogen (secondary N) is 2. The Kier molecular flexibility index (Phi) is 1.66. The number of anilines is 1. The van der Waals surface area contributed by atoms with Crippen molar-refractivity contribution in [2.75, 3.05) is 5.43 Å². The van der Waals surface area contributed by atoms with E-state index in [9.17, 15) is 4.79 Å². The number of carboxylic acids is 1. The van der Waals surface area contributed by atoms with Crippen LogP contribution in [-0.4, -0.2) is 11.1 Å². The van der Waals surface area contributed by atoms with Crippen LogP contribution in [0.3, 0.4) is 0 Å². The smallest absolute Gasteiger partial charge is 0.353 e. The summed E-state index contributed by atoms with van der Waals surface area (Å²) in [7, 11) is 0. The van der Waals surface area contributed by atoms with Crippen molar-refractivity contribution in [3.8, 4) is 0 Å². The zero-order valence-electron chi connectivity index (χ0n) is 6.74. The third-order valence-corrected chi connectivity index (χ3v) is 1.82. The van der Waals surface area contributed by atoms with Crippen LogP contribution in [0, 0.1) is 0 Å². The molecular formula is C9H8N2O2. The Labute approximate surface area is 74.9 Å². The number of fused-ring (bicyclic) bond motifs is 1. The van der Waals surface area contributed by atoms with Gasteiger partial charge in [0.2, 0.25) is 0 Å². The van der Waals surface area contributed by atoms with E-state index in [1.165, 1.54) is 0 Å². The van der Waals surface area contributed by atoms with Gasteiger partial charge in [-0.1, -0.05) is 18.2 Å². The van der Waals surface area contributed by atoms with Crippen LogP contribution in [0.25, 0.3) is 6.08 Å². The van der Waals surface area contributed by atoms with E-state index in [4.69, 9.17) is 5.11 Å².